The van der Waals surface area contributed by atoms with E-state index in [1.165, 1.54) is 62.9 Å². The molecule has 4 aromatic rings. The zero-order chi connectivity index (χ0) is 37.8. The van der Waals surface area contributed by atoms with E-state index in [9.17, 15) is 18.0 Å². The normalized spacial score (nSPS) is 15.6. The van der Waals surface area contributed by atoms with E-state index in [2.05, 4.69) is 29.6 Å². The van der Waals surface area contributed by atoms with Crippen LogP contribution < -0.4 is 10.5 Å². The third kappa shape index (κ3) is 11.6. The van der Waals surface area contributed by atoms with Crippen molar-refractivity contribution in [3.8, 4) is 11.1 Å². The molecule has 0 spiro atoms. The topological polar surface area (TPSA) is 113 Å². The number of amides is 2. The first-order valence-corrected chi connectivity index (χ1v) is 21.4. The molecule has 286 valence electrons. The van der Waals surface area contributed by atoms with Crippen molar-refractivity contribution in [1.29, 1.82) is 0 Å². The van der Waals surface area contributed by atoms with Gasteiger partial charge >= 0.3 is 0 Å². The van der Waals surface area contributed by atoms with Gasteiger partial charge in [-0.2, -0.15) is 0 Å². The lowest BCUT2D eigenvalue weighted by atomic mass is 9.87. The summed E-state index contributed by atoms with van der Waals surface area (Å²) in [5.41, 5.74) is 5.84. The van der Waals surface area contributed by atoms with Crippen LogP contribution in [0, 0.1) is 11.8 Å². The van der Waals surface area contributed by atoms with Gasteiger partial charge in [0.2, 0.25) is 15.9 Å². The highest BCUT2D eigenvalue weighted by Crippen LogP contribution is 2.28. The van der Waals surface area contributed by atoms with Crippen molar-refractivity contribution in [3.63, 3.8) is 0 Å². The van der Waals surface area contributed by atoms with Gasteiger partial charge in [-0.25, -0.2) is 13.6 Å². The quantitative estimate of drug-likeness (QED) is 0.123. The number of rotatable bonds is 16. The van der Waals surface area contributed by atoms with E-state index < -0.39 is 10.0 Å². The maximum absolute atomic E-state index is 13.7. The number of aryl methyl sites for hydroxylation is 1. The molecule has 2 aliphatic rings. The number of benzene rings is 4. The SMILES string of the molecule is NS(=O)(=O)c1ccc(CCN(Cc2cccc(-c3cccc(C(=O)N4CCC(CCCC5CCNCC5)CC4)c3)c2)C(=O)CCCc2ccccc2)cc1. The van der Waals surface area contributed by atoms with Gasteiger partial charge in [-0.05, 0) is 128 Å². The van der Waals surface area contributed by atoms with Crippen LogP contribution in [0.15, 0.2) is 108 Å². The zero-order valence-corrected chi connectivity index (χ0v) is 32.3. The molecule has 2 fully saturated rings. The molecule has 0 aromatic heterocycles. The highest BCUT2D eigenvalue weighted by atomic mass is 32.2. The Balaban J connectivity index is 1.07. The number of hydrogen-bond donors (Lipinski definition) is 2. The first-order valence-electron chi connectivity index (χ1n) is 19.8. The molecule has 6 rings (SSSR count). The third-order valence-corrected chi connectivity index (χ3v) is 12.2. The van der Waals surface area contributed by atoms with Crippen LogP contribution in [-0.2, 0) is 34.2 Å². The molecule has 0 unspecified atom stereocenters. The predicted octanol–water partition coefficient (Wildman–Crippen LogP) is 7.62. The van der Waals surface area contributed by atoms with Crippen LogP contribution in [-0.4, -0.2) is 62.8 Å². The van der Waals surface area contributed by atoms with E-state index in [4.69, 9.17) is 5.14 Å². The summed E-state index contributed by atoms with van der Waals surface area (Å²) in [5.74, 6) is 1.78. The molecule has 3 N–H and O–H groups in total. The second kappa shape index (κ2) is 19.3. The number of primary sulfonamides is 1. The van der Waals surface area contributed by atoms with E-state index in [1.807, 2.05) is 64.4 Å². The molecular weight excluding hydrogens is 693 g/mol. The molecule has 2 aliphatic heterocycles. The number of carbonyl (C=O) groups is 2. The Hall–Kier alpha value is -4.31. The lowest BCUT2D eigenvalue weighted by Crippen LogP contribution is -2.38. The molecule has 8 nitrogen and oxygen atoms in total. The van der Waals surface area contributed by atoms with Gasteiger partial charge in [-0.15, -0.1) is 0 Å². The second-order valence-electron chi connectivity index (χ2n) is 15.2. The predicted molar refractivity (Wildman–Crippen MR) is 216 cm³/mol. The Morgan fingerprint density at radius 3 is 2.04 bits per heavy atom. The molecule has 2 saturated heterocycles. The van der Waals surface area contributed by atoms with Crippen molar-refractivity contribution in [3.05, 3.63) is 125 Å². The molecule has 2 amide bonds. The summed E-state index contributed by atoms with van der Waals surface area (Å²) < 4.78 is 23.5. The maximum atomic E-state index is 13.7. The monoisotopic (exact) mass is 748 g/mol. The summed E-state index contributed by atoms with van der Waals surface area (Å²) in [7, 11) is -3.77. The second-order valence-corrected chi connectivity index (χ2v) is 16.8. The standard InChI is InChI=1S/C45H56N4O4S/c46-54(52,53)43-20-18-38(19-21-43)26-31-49(44(50)17-6-12-35-8-2-1-3-9-35)34-39-13-5-14-40(32-39)41-15-7-16-42(33-41)45(51)48-29-24-37(25-30-48)11-4-10-36-22-27-47-28-23-36/h1-3,5,7-9,13-16,18-21,32-33,36-37,47H,4,6,10-12,17,22-31,34H2,(H2,46,52,53). The van der Waals surface area contributed by atoms with Crippen LogP contribution in [0.25, 0.3) is 11.1 Å². The summed E-state index contributed by atoms with van der Waals surface area (Å²) in [6, 6.07) is 32.9. The minimum atomic E-state index is -3.77. The van der Waals surface area contributed by atoms with Crippen molar-refractivity contribution >= 4 is 21.8 Å². The Morgan fingerprint density at radius 1 is 0.704 bits per heavy atom. The number of likely N-dealkylation sites (tertiary alicyclic amines) is 1. The van der Waals surface area contributed by atoms with E-state index in [0.717, 1.165) is 72.9 Å². The fraction of sp³-hybridized carbons (Fsp3) is 0.422. The molecule has 9 heteroatoms. The van der Waals surface area contributed by atoms with Crippen LogP contribution in [0.4, 0.5) is 0 Å². The van der Waals surface area contributed by atoms with Crippen molar-refractivity contribution < 1.29 is 18.0 Å². The van der Waals surface area contributed by atoms with Gasteiger partial charge in [0, 0.05) is 38.2 Å². The molecule has 2 heterocycles. The van der Waals surface area contributed by atoms with Gasteiger partial charge in [0.1, 0.15) is 0 Å². The van der Waals surface area contributed by atoms with E-state index >= 15 is 0 Å². The van der Waals surface area contributed by atoms with Crippen molar-refractivity contribution in [2.75, 3.05) is 32.7 Å². The summed E-state index contributed by atoms with van der Waals surface area (Å²) in [6.45, 7) is 4.91. The van der Waals surface area contributed by atoms with Crippen LogP contribution in [0.2, 0.25) is 0 Å². The smallest absolute Gasteiger partial charge is 0.253 e. The Morgan fingerprint density at radius 2 is 1.33 bits per heavy atom. The summed E-state index contributed by atoms with van der Waals surface area (Å²) >= 11 is 0. The first-order chi connectivity index (χ1) is 26.2. The van der Waals surface area contributed by atoms with E-state index in [-0.39, 0.29) is 16.7 Å². The largest absolute Gasteiger partial charge is 0.339 e. The Kier molecular flexibility index (Phi) is 14.1. The van der Waals surface area contributed by atoms with Gasteiger partial charge in [0.25, 0.3) is 5.91 Å². The fourth-order valence-corrected chi connectivity index (χ4v) is 8.54. The minimum absolute atomic E-state index is 0.0703. The highest BCUT2D eigenvalue weighted by Gasteiger charge is 2.24. The number of piperidine rings is 2. The molecule has 54 heavy (non-hydrogen) atoms. The summed E-state index contributed by atoms with van der Waals surface area (Å²) in [5, 5.41) is 8.76. The van der Waals surface area contributed by atoms with Crippen LogP contribution in [0.5, 0.6) is 0 Å². The van der Waals surface area contributed by atoms with Gasteiger partial charge in [0.05, 0.1) is 4.90 Å². The number of nitrogens with zero attached hydrogens (tertiary/aromatic N) is 2. The van der Waals surface area contributed by atoms with E-state index in [1.54, 1.807) is 12.1 Å². The lowest BCUT2D eigenvalue weighted by Gasteiger charge is -2.32. The van der Waals surface area contributed by atoms with Crippen molar-refractivity contribution in [1.82, 2.24) is 15.1 Å². The number of hydrogen-bond acceptors (Lipinski definition) is 5. The fourth-order valence-electron chi connectivity index (χ4n) is 8.02. The number of nitrogens with one attached hydrogen (secondary N) is 1. The van der Waals surface area contributed by atoms with Crippen molar-refractivity contribution in [2.24, 2.45) is 17.0 Å². The maximum Gasteiger partial charge on any atom is 0.253 e. The number of carbonyl (C=O) groups excluding carboxylic acids is 2. The highest BCUT2D eigenvalue weighted by molar-refractivity contribution is 7.89. The van der Waals surface area contributed by atoms with E-state index in [0.29, 0.717) is 31.5 Å². The summed E-state index contributed by atoms with van der Waals surface area (Å²) in [6.07, 6.45) is 11.3. The first kappa shape index (κ1) is 39.4. The molecule has 0 radical (unpaired) electrons. The lowest BCUT2D eigenvalue weighted by molar-refractivity contribution is -0.131. The van der Waals surface area contributed by atoms with Gasteiger partial charge in [-0.3, -0.25) is 9.59 Å². The molecular formula is C45H56N4O4S. The number of sulfonamides is 1. The van der Waals surface area contributed by atoms with Crippen LogP contribution in [0.1, 0.15) is 84.8 Å². The van der Waals surface area contributed by atoms with Gasteiger partial charge < -0.3 is 15.1 Å². The zero-order valence-electron chi connectivity index (χ0n) is 31.5. The molecule has 0 bridgehead atoms. The van der Waals surface area contributed by atoms with Gasteiger partial charge in [0.15, 0.2) is 0 Å². The van der Waals surface area contributed by atoms with Gasteiger partial charge in [-0.1, -0.05) is 92.1 Å². The molecule has 4 aromatic carbocycles. The third-order valence-electron chi connectivity index (χ3n) is 11.3. The average molecular weight is 749 g/mol. The molecule has 0 saturated carbocycles. The number of nitrogens with two attached hydrogens (primary N) is 1. The Bertz CT molecular complexity index is 1920. The molecule has 0 aliphatic carbocycles. The van der Waals surface area contributed by atoms with Crippen molar-refractivity contribution in [2.45, 2.75) is 82.1 Å². The summed E-state index contributed by atoms with van der Waals surface area (Å²) in [4.78, 5) is 31.4. The minimum Gasteiger partial charge on any atom is -0.339 e. The average Bonchev–Trinajstić information content (AvgIpc) is 3.20. The van der Waals surface area contributed by atoms with Crippen LogP contribution >= 0.6 is 0 Å². The Labute approximate surface area is 322 Å². The molecule has 0 atom stereocenters. The van der Waals surface area contributed by atoms with Crippen LogP contribution in [0.3, 0.4) is 0 Å².